The molecule has 16 heavy (non-hydrogen) atoms. The Morgan fingerprint density at radius 1 is 1.25 bits per heavy atom. The van der Waals surface area contributed by atoms with Gasteiger partial charge in [-0.25, -0.2) is 8.42 Å². The largest absolute Gasteiger partial charge is 0.573 e. The summed E-state index contributed by atoms with van der Waals surface area (Å²) in [7, 11) is 0.739. The van der Waals surface area contributed by atoms with Crippen molar-refractivity contribution in [2.75, 3.05) is 0 Å². The quantitative estimate of drug-likeness (QED) is 0.787. The summed E-state index contributed by atoms with van der Waals surface area (Å²) < 4.78 is 60.8. The minimum absolute atomic E-state index is 0.287. The highest BCUT2D eigenvalue weighted by Gasteiger charge is 2.31. The molecule has 1 aromatic carbocycles. The average Bonchev–Trinajstić information content (AvgIpc) is 2.04. The molecular formula is C7H3Cl2F3O3S. The van der Waals surface area contributed by atoms with Gasteiger partial charge in [-0.15, -0.1) is 13.2 Å². The molecule has 0 fully saturated rings. The molecule has 0 aromatic heterocycles. The SMILES string of the molecule is O=S(=O)(Cl)c1cc(OC(F)(F)F)ccc1Cl. The van der Waals surface area contributed by atoms with Crippen molar-refractivity contribution in [1.82, 2.24) is 0 Å². The van der Waals surface area contributed by atoms with Crippen LogP contribution in [-0.4, -0.2) is 14.8 Å². The van der Waals surface area contributed by atoms with E-state index in [-0.39, 0.29) is 5.02 Å². The molecule has 0 unspecified atom stereocenters. The lowest BCUT2D eigenvalue weighted by Crippen LogP contribution is -2.17. The molecule has 0 aliphatic heterocycles. The second-order valence-electron chi connectivity index (χ2n) is 2.58. The lowest BCUT2D eigenvalue weighted by atomic mass is 10.3. The minimum atomic E-state index is -4.92. The zero-order valence-corrected chi connectivity index (χ0v) is 9.58. The van der Waals surface area contributed by atoms with Crippen molar-refractivity contribution in [3.8, 4) is 5.75 Å². The van der Waals surface area contributed by atoms with Gasteiger partial charge in [-0.2, -0.15) is 0 Å². The first-order valence-corrected chi connectivity index (χ1v) is 6.28. The zero-order chi connectivity index (χ0) is 12.6. The van der Waals surface area contributed by atoms with E-state index in [2.05, 4.69) is 4.74 Å². The second-order valence-corrected chi connectivity index (χ2v) is 5.52. The molecule has 0 bridgehead atoms. The van der Waals surface area contributed by atoms with Crippen LogP contribution in [-0.2, 0) is 9.05 Å². The summed E-state index contributed by atoms with van der Waals surface area (Å²) in [5.74, 6) is -0.712. The predicted octanol–water partition coefficient (Wildman–Crippen LogP) is 3.17. The smallest absolute Gasteiger partial charge is 0.406 e. The first-order chi connectivity index (χ1) is 7.09. The van der Waals surface area contributed by atoms with Crippen LogP contribution in [0.5, 0.6) is 5.75 Å². The van der Waals surface area contributed by atoms with E-state index in [0.29, 0.717) is 6.07 Å². The van der Waals surface area contributed by atoms with Crippen LogP contribution in [0.15, 0.2) is 23.1 Å². The summed E-state index contributed by atoms with van der Waals surface area (Å²) in [5.41, 5.74) is 0. The van der Waals surface area contributed by atoms with Crippen LogP contribution in [0.25, 0.3) is 0 Å². The number of hydrogen-bond acceptors (Lipinski definition) is 3. The molecule has 0 N–H and O–H groups in total. The maximum atomic E-state index is 11.8. The van der Waals surface area contributed by atoms with Gasteiger partial charge >= 0.3 is 6.36 Å². The van der Waals surface area contributed by atoms with Crippen LogP contribution >= 0.6 is 22.3 Å². The summed E-state index contributed by atoms with van der Waals surface area (Å²) in [6.45, 7) is 0. The van der Waals surface area contributed by atoms with Gasteiger partial charge in [0.05, 0.1) is 5.02 Å². The Kier molecular flexibility index (Phi) is 3.61. The molecule has 0 aliphatic rings. The molecule has 0 amide bonds. The van der Waals surface area contributed by atoms with Crippen molar-refractivity contribution in [3.05, 3.63) is 23.2 Å². The third-order valence-electron chi connectivity index (χ3n) is 1.40. The van der Waals surface area contributed by atoms with Gasteiger partial charge in [0.25, 0.3) is 9.05 Å². The fourth-order valence-electron chi connectivity index (χ4n) is 0.868. The number of hydrogen-bond donors (Lipinski definition) is 0. The summed E-state index contributed by atoms with van der Waals surface area (Å²) in [5, 5.41) is -0.287. The number of halogens is 5. The number of benzene rings is 1. The van der Waals surface area contributed by atoms with Crippen molar-refractivity contribution in [3.63, 3.8) is 0 Å². The summed E-state index contributed by atoms with van der Waals surface area (Å²) in [6.07, 6.45) is -4.92. The van der Waals surface area contributed by atoms with E-state index in [0.717, 1.165) is 12.1 Å². The van der Waals surface area contributed by atoms with Crippen molar-refractivity contribution >= 4 is 31.3 Å². The molecule has 1 aromatic rings. The highest BCUT2D eigenvalue weighted by Crippen LogP contribution is 2.31. The Labute approximate surface area is 98.1 Å². The molecule has 0 atom stereocenters. The Bertz CT molecular complexity index is 498. The average molecular weight is 295 g/mol. The van der Waals surface area contributed by atoms with Crippen molar-refractivity contribution in [1.29, 1.82) is 0 Å². The highest BCUT2D eigenvalue weighted by atomic mass is 35.7. The Balaban J connectivity index is 3.19. The minimum Gasteiger partial charge on any atom is -0.406 e. The molecule has 3 nitrogen and oxygen atoms in total. The lowest BCUT2D eigenvalue weighted by molar-refractivity contribution is -0.274. The highest BCUT2D eigenvalue weighted by molar-refractivity contribution is 8.13. The van der Waals surface area contributed by atoms with Gasteiger partial charge in [0.1, 0.15) is 10.6 Å². The second kappa shape index (κ2) is 4.31. The van der Waals surface area contributed by atoms with Crippen molar-refractivity contribution in [2.45, 2.75) is 11.3 Å². The zero-order valence-electron chi connectivity index (χ0n) is 7.25. The Morgan fingerprint density at radius 3 is 2.25 bits per heavy atom. The van der Waals surface area contributed by atoms with Gasteiger partial charge in [0.2, 0.25) is 0 Å². The van der Waals surface area contributed by atoms with Gasteiger partial charge in [-0.3, -0.25) is 0 Å². The fourth-order valence-corrected chi connectivity index (χ4v) is 2.35. The van der Waals surface area contributed by atoms with E-state index >= 15 is 0 Å². The van der Waals surface area contributed by atoms with Crippen LogP contribution in [0, 0.1) is 0 Å². The van der Waals surface area contributed by atoms with Gasteiger partial charge in [-0.05, 0) is 12.1 Å². The Morgan fingerprint density at radius 2 is 1.81 bits per heavy atom. The van der Waals surface area contributed by atoms with Gasteiger partial charge in [0, 0.05) is 16.7 Å². The predicted molar refractivity (Wildman–Crippen MR) is 51.2 cm³/mol. The van der Waals surface area contributed by atoms with Crippen molar-refractivity contribution in [2.24, 2.45) is 0 Å². The number of alkyl halides is 3. The van der Waals surface area contributed by atoms with Crippen LogP contribution in [0.3, 0.4) is 0 Å². The third-order valence-corrected chi connectivity index (χ3v) is 3.20. The maximum absolute atomic E-state index is 11.8. The molecule has 0 heterocycles. The summed E-state index contributed by atoms with van der Waals surface area (Å²) >= 11 is 5.45. The van der Waals surface area contributed by atoms with E-state index < -0.39 is 26.1 Å². The fraction of sp³-hybridized carbons (Fsp3) is 0.143. The van der Waals surface area contributed by atoms with E-state index in [1.165, 1.54) is 0 Å². The molecule has 9 heteroatoms. The molecule has 1 rings (SSSR count). The Hall–Kier alpha value is -0.660. The maximum Gasteiger partial charge on any atom is 0.573 e. The summed E-state index contributed by atoms with van der Waals surface area (Å²) in [6, 6.07) is 2.41. The van der Waals surface area contributed by atoms with Gasteiger partial charge < -0.3 is 4.74 Å². The molecular weight excluding hydrogens is 292 g/mol. The summed E-state index contributed by atoms with van der Waals surface area (Å²) in [4.78, 5) is -0.641. The number of rotatable bonds is 2. The molecule has 90 valence electrons. The van der Waals surface area contributed by atoms with E-state index in [1.807, 2.05) is 0 Å². The van der Waals surface area contributed by atoms with Crippen LogP contribution in [0.4, 0.5) is 13.2 Å². The number of ether oxygens (including phenoxy) is 1. The monoisotopic (exact) mass is 294 g/mol. The van der Waals surface area contributed by atoms with E-state index in [4.69, 9.17) is 22.3 Å². The standard InChI is InChI=1S/C7H3Cl2F3O3S/c8-5-2-1-4(15-7(10,11)12)3-6(5)16(9,13)14/h1-3H. The molecule has 0 spiro atoms. The van der Waals surface area contributed by atoms with Crippen molar-refractivity contribution < 1.29 is 26.3 Å². The lowest BCUT2D eigenvalue weighted by Gasteiger charge is -2.09. The molecule has 0 saturated heterocycles. The van der Waals surface area contributed by atoms with Gasteiger partial charge in [-0.1, -0.05) is 11.6 Å². The molecule has 0 radical (unpaired) electrons. The van der Waals surface area contributed by atoms with Crippen LogP contribution in [0.2, 0.25) is 5.02 Å². The first-order valence-electron chi connectivity index (χ1n) is 3.59. The van der Waals surface area contributed by atoms with E-state index in [1.54, 1.807) is 0 Å². The molecule has 0 aliphatic carbocycles. The third kappa shape index (κ3) is 3.73. The topological polar surface area (TPSA) is 43.4 Å². The molecule has 0 saturated carbocycles. The van der Waals surface area contributed by atoms with Gasteiger partial charge in [0.15, 0.2) is 0 Å². The van der Waals surface area contributed by atoms with E-state index in [9.17, 15) is 21.6 Å². The first kappa shape index (κ1) is 13.4. The van der Waals surface area contributed by atoms with Crippen LogP contribution in [0.1, 0.15) is 0 Å². The van der Waals surface area contributed by atoms with Crippen LogP contribution < -0.4 is 4.74 Å². The normalized spacial score (nSPS) is 12.6.